The normalized spacial score (nSPS) is 19.9. The number of nitrogens with one attached hydrogen (secondary N) is 2. The zero-order valence-electron chi connectivity index (χ0n) is 15.2. The second kappa shape index (κ2) is 12.2. The molecule has 7 nitrogen and oxygen atoms in total. The number of halogens is 2. The lowest BCUT2D eigenvalue weighted by Crippen LogP contribution is -2.60. The van der Waals surface area contributed by atoms with Crippen LogP contribution in [0.3, 0.4) is 0 Å². The van der Waals surface area contributed by atoms with Crippen molar-refractivity contribution >= 4 is 37.2 Å². The molecule has 2 aliphatic rings. The van der Waals surface area contributed by atoms with Gasteiger partial charge in [0, 0.05) is 32.2 Å². The number of piperidine rings is 1. The number of amides is 1. The van der Waals surface area contributed by atoms with E-state index in [-0.39, 0.29) is 24.8 Å². The Labute approximate surface area is 172 Å². The van der Waals surface area contributed by atoms with Crippen molar-refractivity contribution in [2.45, 2.75) is 25.0 Å². The van der Waals surface area contributed by atoms with E-state index in [9.17, 15) is 9.59 Å². The number of carbonyl (C=O) groups excluding carboxylic acids is 2. The van der Waals surface area contributed by atoms with Gasteiger partial charge in [0.05, 0.1) is 0 Å². The Balaban J connectivity index is 0.00000182. The molecule has 1 unspecified atom stereocenters. The third kappa shape index (κ3) is 6.62. The number of ether oxygens (including phenoxy) is 1. The van der Waals surface area contributed by atoms with Crippen LogP contribution in [0.2, 0.25) is 0 Å². The molecule has 2 aliphatic heterocycles. The first-order chi connectivity index (χ1) is 12.3. The SMILES string of the molecule is Cl.Cl.O=CNC(C(=O)Oc1ccccc1)N1CCN(C2CCNCC2)CC1. The second-order valence-corrected chi connectivity index (χ2v) is 6.47. The number of para-hydroxylation sites is 1. The molecule has 0 spiro atoms. The number of nitrogens with zero attached hydrogens (tertiary/aromatic N) is 2. The van der Waals surface area contributed by atoms with Gasteiger partial charge in [0.1, 0.15) is 5.75 Å². The molecule has 1 atom stereocenters. The third-order valence-corrected chi connectivity index (χ3v) is 4.95. The van der Waals surface area contributed by atoms with Crippen molar-refractivity contribution < 1.29 is 14.3 Å². The first kappa shape index (κ1) is 23.7. The molecule has 2 fully saturated rings. The van der Waals surface area contributed by atoms with Gasteiger partial charge in [-0.3, -0.25) is 14.6 Å². The maximum Gasteiger partial charge on any atom is 0.349 e. The number of hydrogen-bond donors (Lipinski definition) is 2. The number of hydrogen-bond acceptors (Lipinski definition) is 6. The van der Waals surface area contributed by atoms with Crippen molar-refractivity contribution in [2.75, 3.05) is 39.3 Å². The topological polar surface area (TPSA) is 73.9 Å². The number of esters is 1. The minimum absolute atomic E-state index is 0. The Morgan fingerprint density at radius 2 is 1.74 bits per heavy atom. The Morgan fingerprint density at radius 1 is 1.11 bits per heavy atom. The Kier molecular flexibility index (Phi) is 10.6. The van der Waals surface area contributed by atoms with Gasteiger partial charge in [-0.15, -0.1) is 24.8 Å². The summed E-state index contributed by atoms with van der Waals surface area (Å²) < 4.78 is 5.40. The van der Waals surface area contributed by atoms with E-state index in [1.54, 1.807) is 12.1 Å². The van der Waals surface area contributed by atoms with E-state index >= 15 is 0 Å². The summed E-state index contributed by atoms with van der Waals surface area (Å²) in [6.07, 6.45) is 2.17. The molecule has 0 aliphatic carbocycles. The second-order valence-electron chi connectivity index (χ2n) is 6.47. The highest BCUT2D eigenvalue weighted by molar-refractivity contribution is 5.85. The summed E-state index contributed by atoms with van der Waals surface area (Å²) in [5, 5.41) is 6.00. The first-order valence-corrected chi connectivity index (χ1v) is 8.93. The van der Waals surface area contributed by atoms with Crippen LogP contribution in [0.15, 0.2) is 30.3 Å². The molecule has 0 bridgehead atoms. The van der Waals surface area contributed by atoms with Crippen LogP contribution >= 0.6 is 24.8 Å². The van der Waals surface area contributed by atoms with Gasteiger partial charge in [0.25, 0.3) is 0 Å². The van der Waals surface area contributed by atoms with E-state index in [2.05, 4.69) is 15.5 Å². The molecule has 9 heteroatoms. The van der Waals surface area contributed by atoms with Crippen molar-refractivity contribution in [3.8, 4) is 5.75 Å². The van der Waals surface area contributed by atoms with Crippen LogP contribution < -0.4 is 15.4 Å². The minimum atomic E-state index is -0.743. The van der Waals surface area contributed by atoms with Gasteiger partial charge in [0.15, 0.2) is 6.17 Å². The molecule has 2 N–H and O–H groups in total. The van der Waals surface area contributed by atoms with Gasteiger partial charge < -0.3 is 15.4 Å². The van der Waals surface area contributed by atoms with Crippen LogP contribution in [0.4, 0.5) is 0 Å². The van der Waals surface area contributed by atoms with Crippen LogP contribution in [0.5, 0.6) is 5.75 Å². The monoisotopic (exact) mass is 418 g/mol. The molecule has 1 aromatic rings. The van der Waals surface area contributed by atoms with E-state index in [4.69, 9.17) is 4.74 Å². The highest BCUT2D eigenvalue weighted by Gasteiger charge is 2.32. The molecule has 0 radical (unpaired) electrons. The average Bonchev–Trinajstić information content (AvgIpc) is 2.68. The fraction of sp³-hybridized carbons (Fsp3) is 0.556. The minimum Gasteiger partial charge on any atom is -0.424 e. The predicted octanol–water partition coefficient (Wildman–Crippen LogP) is 0.877. The molecule has 0 aromatic heterocycles. The molecule has 2 saturated heterocycles. The highest BCUT2D eigenvalue weighted by Crippen LogP contribution is 2.16. The van der Waals surface area contributed by atoms with Gasteiger partial charge in [0.2, 0.25) is 6.41 Å². The average molecular weight is 419 g/mol. The Bertz CT molecular complexity index is 565. The molecule has 27 heavy (non-hydrogen) atoms. The Morgan fingerprint density at radius 3 is 2.33 bits per heavy atom. The van der Waals surface area contributed by atoms with Crippen molar-refractivity contribution in [2.24, 2.45) is 0 Å². The molecular weight excluding hydrogens is 391 g/mol. The molecule has 3 rings (SSSR count). The molecule has 0 saturated carbocycles. The van der Waals surface area contributed by atoms with Crippen molar-refractivity contribution in [3.63, 3.8) is 0 Å². The van der Waals surface area contributed by atoms with Crippen molar-refractivity contribution in [1.82, 2.24) is 20.4 Å². The summed E-state index contributed by atoms with van der Waals surface area (Å²) >= 11 is 0. The highest BCUT2D eigenvalue weighted by atomic mass is 35.5. The lowest BCUT2D eigenvalue weighted by atomic mass is 10.0. The van der Waals surface area contributed by atoms with E-state index in [1.165, 1.54) is 12.8 Å². The van der Waals surface area contributed by atoms with Crippen LogP contribution in [0.25, 0.3) is 0 Å². The summed E-state index contributed by atoms with van der Waals surface area (Å²) in [4.78, 5) is 27.9. The number of piperazine rings is 1. The lowest BCUT2D eigenvalue weighted by Gasteiger charge is -2.42. The fourth-order valence-corrected chi connectivity index (χ4v) is 3.58. The van der Waals surface area contributed by atoms with Gasteiger partial charge in [-0.2, -0.15) is 0 Å². The maximum absolute atomic E-state index is 12.5. The third-order valence-electron chi connectivity index (χ3n) is 4.95. The van der Waals surface area contributed by atoms with E-state index in [0.29, 0.717) is 18.2 Å². The molecular formula is C18H28Cl2N4O3. The van der Waals surface area contributed by atoms with Gasteiger partial charge >= 0.3 is 5.97 Å². The molecule has 1 amide bonds. The summed E-state index contributed by atoms with van der Waals surface area (Å²) in [5.41, 5.74) is 0. The number of benzene rings is 1. The molecule has 152 valence electrons. The van der Waals surface area contributed by atoms with Crippen molar-refractivity contribution in [3.05, 3.63) is 30.3 Å². The smallest absolute Gasteiger partial charge is 0.349 e. The van der Waals surface area contributed by atoms with E-state index in [0.717, 1.165) is 39.3 Å². The zero-order valence-corrected chi connectivity index (χ0v) is 16.8. The number of carbonyl (C=O) groups is 2. The van der Waals surface area contributed by atoms with Crippen LogP contribution in [0.1, 0.15) is 12.8 Å². The number of rotatable bonds is 6. The fourth-order valence-electron chi connectivity index (χ4n) is 3.58. The first-order valence-electron chi connectivity index (χ1n) is 8.93. The summed E-state index contributed by atoms with van der Waals surface area (Å²) in [6.45, 7) is 5.42. The Hall–Kier alpha value is -1.38. The predicted molar refractivity (Wildman–Crippen MR) is 109 cm³/mol. The van der Waals surface area contributed by atoms with Crippen LogP contribution in [-0.2, 0) is 9.59 Å². The summed E-state index contributed by atoms with van der Waals surface area (Å²) in [7, 11) is 0. The summed E-state index contributed by atoms with van der Waals surface area (Å²) in [5.74, 6) is 0.0344. The largest absolute Gasteiger partial charge is 0.424 e. The summed E-state index contributed by atoms with van der Waals surface area (Å²) in [6, 6.07) is 9.55. The van der Waals surface area contributed by atoms with Gasteiger partial charge in [-0.25, -0.2) is 4.79 Å². The van der Waals surface area contributed by atoms with E-state index in [1.807, 2.05) is 23.1 Å². The standard InChI is InChI=1S/C18H26N4O3.2ClH/c23-14-20-17(18(24)25-16-4-2-1-3-5-16)22-12-10-21(11-13-22)15-6-8-19-9-7-15;;/h1-5,14-15,17,19H,6-13H2,(H,20,23);2*1H. The molecule has 1 aromatic carbocycles. The molecule has 2 heterocycles. The van der Waals surface area contributed by atoms with Crippen LogP contribution in [-0.4, -0.2) is 73.7 Å². The lowest BCUT2D eigenvalue weighted by molar-refractivity contribution is -0.144. The van der Waals surface area contributed by atoms with Gasteiger partial charge in [-0.05, 0) is 38.1 Å². The van der Waals surface area contributed by atoms with Gasteiger partial charge in [-0.1, -0.05) is 18.2 Å². The van der Waals surface area contributed by atoms with Crippen LogP contribution in [0, 0.1) is 0 Å². The van der Waals surface area contributed by atoms with E-state index < -0.39 is 12.1 Å². The van der Waals surface area contributed by atoms with Crippen molar-refractivity contribution in [1.29, 1.82) is 0 Å². The maximum atomic E-state index is 12.5. The quantitative estimate of drug-likeness (QED) is 0.405. The zero-order chi connectivity index (χ0) is 17.5.